The van der Waals surface area contributed by atoms with Crippen LogP contribution in [-0.4, -0.2) is 72.4 Å². The molecule has 1 aromatic carbocycles. The van der Waals surface area contributed by atoms with Crippen molar-refractivity contribution in [2.75, 3.05) is 39.4 Å². The van der Waals surface area contributed by atoms with E-state index in [4.69, 9.17) is 21.1 Å². The normalized spacial score (nSPS) is 33.9. The Balaban J connectivity index is 1.46. The lowest BCUT2D eigenvalue weighted by Gasteiger charge is -2.40. The first-order valence-corrected chi connectivity index (χ1v) is 11.7. The van der Waals surface area contributed by atoms with Gasteiger partial charge in [-0.3, -0.25) is 14.5 Å². The minimum Gasteiger partial charge on any atom is -0.483 e. The van der Waals surface area contributed by atoms with Crippen molar-refractivity contribution < 1.29 is 19.1 Å². The maximum atomic E-state index is 13.7. The van der Waals surface area contributed by atoms with Crippen LogP contribution in [0.25, 0.3) is 0 Å². The molecule has 1 aliphatic carbocycles. The van der Waals surface area contributed by atoms with E-state index in [0.29, 0.717) is 38.2 Å². The molecule has 5 unspecified atom stereocenters. The van der Waals surface area contributed by atoms with Gasteiger partial charge in [-0.15, -0.1) is 11.6 Å². The third-order valence-corrected chi connectivity index (χ3v) is 7.79. The molecule has 0 bridgehead atoms. The predicted octanol–water partition coefficient (Wildman–Crippen LogP) is 2.78. The number of carbonyl (C=O) groups excluding carboxylic acids is 2. The van der Waals surface area contributed by atoms with Crippen LogP contribution in [0, 0.1) is 11.8 Å². The highest BCUT2D eigenvalue weighted by Gasteiger charge is 2.53. The molecule has 2 fully saturated rings. The van der Waals surface area contributed by atoms with Gasteiger partial charge in [-0.25, -0.2) is 0 Å². The summed E-state index contributed by atoms with van der Waals surface area (Å²) in [5, 5.41) is -0.0411. The number of carbonyl (C=O) groups is 2. The molecule has 6 nitrogen and oxygen atoms in total. The fourth-order valence-corrected chi connectivity index (χ4v) is 5.65. The standard InChI is InChI=1S/C24H29ClN2O4/c1-15-13-19-17(14-18(15)25)22(28)20-21(16-5-3-2-4-6-16)27(24(29)23(20)31-19)8-7-26-9-11-30-12-10-26/h2-6,15,17-19,21H,7-14H2,1H3. The van der Waals surface area contributed by atoms with E-state index >= 15 is 0 Å². The lowest BCUT2D eigenvalue weighted by Crippen LogP contribution is -2.44. The summed E-state index contributed by atoms with van der Waals surface area (Å²) in [5.74, 6) is 0.138. The lowest BCUT2D eigenvalue weighted by molar-refractivity contribution is -0.136. The first kappa shape index (κ1) is 21.0. The number of Topliss-reactive ketones (excluding diaryl/α,β-unsaturated/α-hetero) is 1. The minimum absolute atomic E-state index is 0.0411. The first-order chi connectivity index (χ1) is 15.0. The van der Waals surface area contributed by atoms with E-state index in [1.165, 1.54) is 0 Å². The Morgan fingerprint density at radius 2 is 1.81 bits per heavy atom. The highest BCUT2D eigenvalue weighted by atomic mass is 35.5. The van der Waals surface area contributed by atoms with Crippen molar-refractivity contribution in [3.8, 4) is 0 Å². The molecule has 5 rings (SSSR count). The van der Waals surface area contributed by atoms with Gasteiger partial charge in [0.05, 0.1) is 30.7 Å². The van der Waals surface area contributed by atoms with Gasteiger partial charge in [0.1, 0.15) is 6.10 Å². The maximum Gasteiger partial charge on any atom is 0.290 e. The van der Waals surface area contributed by atoms with Gasteiger partial charge in [0.25, 0.3) is 5.91 Å². The van der Waals surface area contributed by atoms with E-state index < -0.39 is 6.04 Å². The van der Waals surface area contributed by atoms with E-state index in [2.05, 4.69) is 11.8 Å². The average Bonchev–Trinajstić information content (AvgIpc) is 3.07. The number of ketones is 1. The molecular weight excluding hydrogens is 416 g/mol. The van der Waals surface area contributed by atoms with Crippen molar-refractivity contribution in [1.82, 2.24) is 9.80 Å². The Bertz CT molecular complexity index is 883. The van der Waals surface area contributed by atoms with Crippen LogP contribution >= 0.6 is 11.6 Å². The number of nitrogens with zero attached hydrogens (tertiary/aromatic N) is 2. The molecule has 166 valence electrons. The van der Waals surface area contributed by atoms with Crippen molar-refractivity contribution in [3.05, 3.63) is 47.2 Å². The van der Waals surface area contributed by atoms with Crippen LogP contribution in [0.5, 0.6) is 0 Å². The molecular formula is C24H29ClN2O4. The molecule has 0 N–H and O–H groups in total. The van der Waals surface area contributed by atoms with E-state index in [9.17, 15) is 9.59 Å². The van der Waals surface area contributed by atoms with E-state index in [1.54, 1.807) is 0 Å². The van der Waals surface area contributed by atoms with Crippen LogP contribution in [0.15, 0.2) is 41.7 Å². The number of alkyl halides is 1. The molecule has 0 aromatic heterocycles. The number of hydrogen-bond donors (Lipinski definition) is 0. The van der Waals surface area contributed by atoms with Crippen LogP contribution in [0.2, 0.25) is 0 Å². The summed E-state index contributed by atoms with van der Waals surface area (Å²) in [6.45, 7) is 6.54. The lowest BCUT2D eigenvalue weighted by atomic mass is 9.74. The second kappa shape index (κ2) is 8.57. The van der Waals surface area contributed by atoms with E-state index in [1.807, 2.05) is 35.2 Å². The zero-order valence-electron chi connectivity index (χ0n) is 17.8. The molecule has 5 atom stereocenters. The largest absolute Gasteiger partial charge is 0.483 e. The number of hydrogen-bond acceptors (Lipinski definition) is 5. The molecule has 1 aromatic rings. The third-order valence-electron chi connectivity index (χ3n) is 7.18. The van der Waals surface area contributed by atoms with Crippen LogP contribution < -0.4 is 0 Å². The number of fused-ring (bicyclic) bond motifs is 1. The van der Waals surface area contributed by atoms with Crippen molar-refractivity contribution in [2.24, 2.45) is 11.8 Å². The number of rotatable bonds is 4. The Kier molecular flexibility index (Phi) is 5.80. The fraction of sp³-hybridized carbons (Fsp3) is 0.583. The van der Waals surface area contributed by atoms with Gasteiger partial charge < -0.3 is 14.4 Å². The molecule has 1 saturated carbocycles. The van der Waals surface area contributed by atoms with Gasteiger partial charge in [-0.2, -0.15) is 0 Å². The minimum atomic E-state index is -0.397. The summed E-state index contributed by atoms with van der Waals surface area (Å²) >= 11 is 6.52. The van der Waals surface area contributed by atoms with Gasteiger partial charge in [0.2, 0.25) is 0 Å². The number of ether oxygens (including phenoxy) is 2. The van der Waals surface area contributed by atoms with E-state index in [-0.39, 0.29) is 40.8 Å². The maximum absolute atomic E-state index is 13.7. The van der Waals surface area contributed by atoms with Crippen LogP contribution in [0.1, 0.15) is 31.4 Å². The Morgan fingerprint density at radius 3 is 2.55 bits per heavy atom. The SMILES string of the molecule is CC1CC2OC3=C(C(=O)C2CC1Cl)C(c1ccccc1)N(CCN1CCOCC1)C3=O. The molecule has 3 heterocycles. The Labute approximate surface area is 188 Å². The van der Waals surface area contributed by atoms with Crippen LogP contribution in [-0.2, 0) is 19.1 Å². The van der Waals surface area contributed by atoms with Crippen molar-refractivity contribution in [3.63, 3.8) is 0 Å². The summed E-state index contributed by atoms with van der Waals surface area (Å²) in [6.07, 6.45) is 1.06. The number of halogens is 1. The summed E-state index contributed by atoms with van der Waals surface area (Å²) < 4.78 is 11.7. The Hall–Kier alpha value is -1.89. The topological polar surface area (TPSA) is 59.1 Å². The quantitative estimate of drug-likeness (QED) is 0.668. The summed E-state index contributed by atoms with van der Waals surface area (Å²) in [6, 6.07) is 9.43. The van der Waals surface area contributed by atoms with Gasteiger partial charge in [-0.05, 0) is 24.3 Å². The zero-order chi connectivity index (χ0) is 21.5. The summed E-state index contributed by atoms with van der Waals surface area (Å²) in [7, 11) is 0. The highest BCUT2D eigenvalue weighted by Crippen LogP contribution is 2.48. The first-order valence-electron chi connectivity index (χ1n) is 11.3. The monoisotopic (exact) mass is 444 g/mol. The van der Waals surface area contributed by atoms with E-state index in [0.717, 1.165) is 25.2 Å². The number of benzene rings is 1. The third kappa shape index (κ3) is 3.79. The average molecular weight is 445 g/mol. The number of morpholine rings is 1. The fourth-order valence-electron chi connectivity index (χ4n) is 5.35. The molecule has 0 radical (unpaired) electrons. The van der Waals surface area contributed by atoms with Gasteiger partial charge in [-0.1, -0.05) is 37.3 Å². The van der Waals surface area contributed by atoms with Gasteiger partial charge >= 0.3 is 0 Å². The molecule has 1 amide bonds. The number of amides is 1. The summed E-state index contributed by atoms with van der Waals surface area (Å²) in [4.78, 5) is 31.3. The van der Waals surface area contributed by atoms with Crippen molar-refractivity contribution in [1.29, 1.82) is 0 Å². The highest BCUT2D eigenvalue weighted by molar-refractivity contribution is 6.21. The molecule has 3 aliphatic heterocycles. The van der Waals surface area contributed by atoms with Gasteiger partial charge in [0, 0.05) is 31.6 Å². The second-order valence-electron chi connectivity index (χ2n) is 9.10. The molecule has 4 aliphatic rings. The summed E-state index contributed by atoms with van der Waals surface area (Å²) in [5.41, 5.74) is 1.47. The molecule has 1 saturated heterocycles. The van der Waals surface area contributed by atoms with Crippen molar-refractivity contribution in [2.45, 2.75) is 37.3 Å². The molecule has 0 spiro atoms. The van der Waals surface area contributed by atoms with Gasteiger partial charge in [0.15, 0.2) is 11.5 Å². The Morgan fingerprint density at radius 1 is 1.06 bits per heavy atom. The van der Waals surface area contributed by atoms with Crippen LogP contribution in [0.4, 0.5) is 0 Å². The second-order valence-corrected chi connectivity index (χ2v) is 9.66. The molecule has 31 heavy (non-hydrogen) atoms. The van der Waals surface area contributed by atoms with Crippen LogP contribution in [0.3, 0.4) is 0 Å². The zero-order valence-corrected chi connectivity index (χ0v) is 18.6. The molecule has 7 heteroatoms. The smallest absolute Gasteiger partial charge is 0.290 e. The predicted molar refractivity (Wildman–Crippen MR) is 117 cm³/mol. The van der Waals surface area contributed by atoms with Crippen molar-refractivity contribution >= 4 is 23.3 Å².